The second kappa shape index (κ2) is 4.90. The lowest BCUT2D eigenvalue weighted by Gasteiger charge is -2.32. The van der Waals surface area contributed by atoms with Crippen LogP contribution in [0.4, 0.5) is 0 Å². The largest absolute Gasteiger partial charge is 0.381 e. The summed E-state index contributed by atoms with van der Waals surface area (Å²) in [4.78, 5) is 4.35. The number of methoxy groups -OCH3 is 1. The van der Waals surface area contributed by atoms with Crippen LogP contribution in [0.3, 0.4) is 0 Å². The van der Waals surface area contributed by atoms with Crippen molar-refractivity contribution in [3.05, 3.63) is 11.7 Å². The molecule has 0 spiro atoms. The van der Waals surface area contributed by atoms with E-state index in [4.69, 9.17) is 14.0 Å². The minimum absolute atomic E-state index is 0.437. The Hall–Kier alpha value is -0.980. The first-order valence-electron chi connectivity index (χ1n) is 5.41. The third-order valence-electron chi connectivity index (χ3n) is 2.89. The van der Waals surface area contributed by atoms with Gasteiger partial charge in [-0.25, -0.2) is 0 Å². The lowest BCUT2D eigenvalue weighted by Crippen LogP contribution is -2.36. The summed E-state index contributed by atoms with van der Waals surface area (Å²) in [5, 5.41) is 6.96. The molecule has 0 unspecified atom stereocenters. The third kappa shape index (κ3) is 2.09. The van der Waals surface area contributed by atoms with Crippen molar-refractivity contribution in [1.29, 1.82) is 0 Å². The minimum atomic E-state index is -0.437. The maximum Gasteiger partial charge on any atom is 0.240 e. The molecule has 90 valence electrons. The quantitative estimate of drug-likeness (QED) is 0.805. The van der Waals surface area contributed by atoms with Crippen molar-refractivity contribution in [2.75, 3.05) is 27.4 Å². The second-order valence-electron chi connectivity index (χ2n) is 3.85. The minimum Gasteiger partial charge on any atom is -0.381 e. The van der Waals surface area contributed by atoms with Crippen LogP contribution < -0.4 is 5.32 Å². The number of hydrogen-bond donors (Lipinski definition) is 1. The monoisotopic (exact) mass is 227 g/mol. The third-order valence-corrected chi connectivity index (χ3v) is 2.89. The van der Waals surface area contributed by atoms with E-state index in [0.717, 1.165) is 12.8 Å². The zero-order chi connectivity index (χ0) is 11.4. The van der Waals surface area contributed by atoms with Gasteiger partial charge in [0.2, 0.25) is 11.7 Å². The van der Waals surface area contributed by atoms with E-state index >= 15 is 0 Å². The zero-order valence-electron chi connectivity index (χ0n) is 9.65. The summed E-state index contributed by atoms with van der Waals surface area (Å²) in [5.74, 6) is 1.21. The molecule has 0 atom stereocenters. The van der Waals surface area contributed by atoms with E-state index in [2.05, 4.69) is 15.5 Å². The van der Waals surface area contributed by atoms with Crippen molar-refractivity contribution < 1.29 is 14.0 Å². The number of ether oxygens (including phenoxy) is 2. The molecular formula is C10H17N3O3. The fourth-order valence-electron chi connectivity index (χ4n) is 1.88. The predicted octanol–water partition coefficient (Wildman–Crippen LogP) is 0.441. The summed E-state index contributed by atoms with van der Waals surface area (Å²) in [7, 11) is 3.52. The first kappa shape index (κ1) is 11.5. The van der Waals surface area contributed by atoms with Crippen LogP contribution in [0, 0.1) is 0 Å². The Kier molecular flexibility index (Phi) is 3.52. The molecule has 0 saturated carbocycles. The van der Waals surface area contributed by atoms with Crippen LogP contribution in [-0.4, -0.2) is 37.5 Å². The molecule has 1 fully saturated rings. The maximum atomic E-state index is 5.57. The Balaban J connectivity index is 2.18. The van der Waals surface area contributed by atoms with Gasteiger partial charge in [-0.15, -0.1) is 0 Å². The summed E-state index contributed by atoms with van der Waals surface area (Å²) in [6, 6.07) is 0. The van der Waals surface area contributed by atoms with Gasteiger partial charge < -0.3 is 19.3 Å². The molecule has 2 heterocycles. The van der Waals surface area contributed by atoms with Gasteiger partial charge >= 0.3 is 0 Å². The average molecular weight is 227 g/mol. The molecule has 1 N–H and O–H groups in total. The van der Waals surface area contributed by atoms with E-state index in [1.54, 1.807) is 7.11 Å². The molecule has 1 saturated heterocycles. The molecule has 1 aliphatic rings. The molecule has 0 aliphatic carbocycles. The predicted molar refractivity (Wildman–Crippen MR) is 55.8 cm³/mol. The zero-order valence-corrected chi connectivity index (χ0v) is 9.65. The molecule has 16 heavy (non-hydrogen) atoms. The average Bonchev–Trinajstić information content (AvgIpc) is 2.80. The van der Waals surface area contributed by atoms with E-state index in [-0.39, 0.29) is 0 Å². The van der Waals surface area contributed by atoms with Crippen LogP contribution in [0.25, 0.3) is 0 Å². The molecule has 1 aliphatic heterocycles. The van der Waals surface area contributed by atoms with Crippen LogP contribution in [-0.2, 0) is 21.6 Å². The van der Waals surface area contributed by atoms with E-state index in [1.807, 2.05) is 7.05 Å². The fraction of sp³-hybridized carbons (Fsp3) is 0.800. The Morgan fingerprint density at radius 3 is 2.81 bits per heavy atom. The topological polar surface area (TPSA) is 69.4 Å². The molecule has 1 aromatic rings. The van der Waals surface area contributed by atoms with Crippen molar-refractivity contribution in [2.24, 2.45) is 0 Å². The Morgan fingerprint density at radius 2 is 2.19 bits per heavy atom. The standard InChI is InChI=1S/C10H17N3O3/c1-11-7-8-12-9(13-16-8)10(14-2)3-5-15-6-4-10/h11H,3-7H2,1-2H3. The molecule has 0 aromatic carbocycles. The number of nitrogens with one attached hydrogen (secondary N) is 1. The van der Waals surface area contributed by atoms with Gasteiger partial charge in [0.25, 0.3) is 0 Å². The molecule has 1 aromatic heterocycles. The fourth-order valence-corrected chi connectivity index (χ4v) is 1.88. The summed E-state index contributed by atoms with van der Waals surface area (Å²) in [5.41, 5.74) is -0.437. The lowest BCUT2D eigenvalue weighted by atomic mass is 9.93. The molecule has 6 nitrogen and oxygen atoms in total. The van der Waals surface area contributed by atoms with Gasteiger partial charge in [-0.1, -0.05) is 5.16 Å². The van der Waals surface area contributed by atoms with Crippen LogP contribution >= 0.6 is 0 Å². The maximum absolute atomic E-state index is 5.57. The van der Waals surface area contributed by atoms with Crippen LogP contribution in [0.2, 0.25) is 0 Å². The molecule has 0 radical (unpaired) electrons. The highest BCUT2D eigenvalue weighted by Crippen LogP contribution is 2.33. The van der Waals surface area contributed by atoms with E-state index in [1.165, 1.54) is 0 Å². The van der Waals surface area contributed by atoms with Gasteiger partial charge in [-0.3, -0.25) is 0 Å². The first-order chi connectivity index (χ1) is 7.80. The Morgan fingerprint density at radius 1 is 1.44 bits per heavy atom. The first-order valence-corrected chi connectivity index (χ1v) is 5.41. The summed E-state index contributed by atoms with van der Waals surface area (Å²) >= 11 is 0. The number of rotatable bonds is 4. The molecule has 0 amide bonds. The summed E-state index contributed by atoms with van der Waals surface area (Å²) < 4.78 is 16.0. The summed E-state index contributed by atoms with van der Waals surface area (Å²) in [6.07, 6.45) is 1.53. The second-order valence-corrected chi connectivity index (χ2v) is 3.85. The van der Waals surface area contributed by atoms with Crippen molar-refractivity contribution in [3.63, 3.8) is 0 Å². The van der Waals surface area contributed by atoms with Crippen molar-refractivity contribution in [2.45, 2.75) is 25.0 Å². The summed E-state index contributed by atoms with van der Waals surface area (Å²) in [6.45, 7) is 1.91. The van der Waals surface area contributed by atoms with Gasteiger partial charge in [0.05, 0.1) is 6.54 Å². The van der Waals surface area contributed by atoms with Gasteiger partial charge in [0, 0.05) is 33.2 Å². The van der Waals surface area contributed by atoms with Crippen molar-refractivity contribution in [1.82, 2.24) is 15.5 Å². The van der Waals surface area contributed by atoms with Crippen LogP contribution in [0.15, 0.2) is 4.52 Å². The van der Waals surface area contributed by atoms with Gasteiger partial charge in [-0.05, 0) is 7.05 Å². The molecular weight excluding hydrogens is 210 g/mol. The van der Waals surface area contributed by atoms with Crippen LogP contribution in [0.1, 0.15) is 24.6 Å². The molecule has 2 rings (SSSR count). The smallest absolute Gasteiger partial charge is 0.240 e. The van der Waals surface area contributed by atoms with Crippen molar-refractivity contribution >= 4 is 0 Å². The van der Waals surface area contributed by atoms with E-state index < -0.39 is 5.60 Å². The van der Waals surface area contributed by atoms with Crippen molar-refractivity contribution in [3.8, 4) is 0 Å². The number of hydrogen-bond acceptors (Lipinski definition) is 6. The van der Waals surface area contributed by atoms with Gasteiger partial charge in [0.15, 0.2) is 0 Å². The molecule has 6 heteroatoms. The van der Waals surface area contributed by atoms with Crippen LogP contribution in [0.5, 0.6) is 0 Å². The van der Waals surface area contributed by atoms with Gasteiger partial charge in [0.1, 0.15) is 5.60 Å². The highest BCUT2D eigenvalue weighted by Gasteiger charge is 2.39. The Bertz CT molecular complexity index is 334. The SMILES string of the molecule is CNCc1nc(C2(OC)CCOCC2)no1. The highest BCUT2D eigenvalue weighted by atomic mass is 16.5. The van der Waals surface area contributed by atoms with Gasteiger partial charge in [-0.2, -0.15) is 4.98 Å². The number of aromatic nitrogens is 2. The normalized spacial score (nSPS) is 19.9. The van der Waals surface area contributed by atoms with E-state index in [0.29, 0.717) is 31.5 Å². The Labute approximate surface area is 94.3 Å². The number of nitrogens with zero attached hydrogens (tertiary/aromatic N) is 2. The van der Waals surface area contributed by atoms with E-state index in [9.17, 15) is 0 Å². The lowest BCUT2D eigenvalue weighted by molar-refractivity contribution is -0.101. The highest BCUT2D eigenvalue weighted by molar-refractivity contribution is 5.03. The molecule has 0 bridgehead atoms.